The van der Waals surface area contributed by atoms with Crippen LogP contribution in [0.25, 0.3) is 22.6 Å². The van der Waals surface area contributed by atoms with E-state index >= 15 is 0 Å². The fraction of sp³-hybridized carbons (Fsp3) is 0.250. The van der Waals surface area contributed by atoms with Gasteiger partial charge >= 0.3 is 6.61 Å². The van der Waals surface area contributed by atoms with Crippen molar-refractivity contribution in [3.05, 3.63) is 60.4 Å². The van der Waals surface area contributed by atoms with Gasteiger partial charge in [0.15, 0.2) is 5.82 Å². The standard InChI is InChI=1S/C24H21F2N5O3/c1-14(32)31-10-4-6-20(31)16-11-18-19(30-23(29-18)17-5-2-3-9-27-17)12-21(16)33-15-7-8-22(28-13-15)34-24(25)26/h2-3,5,7-9,11-13,20,24H,4,6,10H2,1H3,(H,29,30). The van der Waals surface area contributed by atoms with Gasteiger partial charge in [-0.3, -0.25) is 9.78 Å². The summed E-state index contributed by atoms with van der Waals surface area (Å²) in [5.74, 6) is 1.25. The van der Waals surface area contributed by atoms with Crippen LogP contribution in [0.2, 0.25) is 0 Å². The van der Waals surface area contributed by atoms with Crippen molar-refractivity contribution in [3.8, 4) is 28.9 Å². The Labute approximate surface area is 193 Å². The number of nitrogens with zero attached hydrogens (tertiary/aromatic N) is 4. The summed E-state index contributed by atoms with van der Waals surface area (Å²) < 4.78 is 35.3. The number of carbonyl (C=O) groups excluding carboxylic acids is 1. The Kier molecular flexibility index (Phi) is 5.79. The summed E-state index contributed by atoms with van der Waals surface area (Å²) in [5, 5.41) is 0. The van der Waals surface area contributed by atoms with Crippen molar-refractivity contribution in [2.45, 2.75) is 32.4 Å². The predicted molar refractivity (Wildman–Crippen MR) is 120 cm³/mol. The normalized spacial score (nSPS) is 15.8. The molecule has 5 rings (SSSR count). The van der Waals surface area contributed by atoms with Crippen LogP contribution in [0, 0.1) is 0 Å². The number of benzene rings is 1. The lowest BCUT2D eigenvalue weighted by Crippen LogP contribution is -2.28. The molecule has 1 atom stereocenters. The molecule has 1 N–H and O–H groups in total. The Bertz CT molecular complexity index is 1310. The molecule has 0 radical (unpaired) electrons. The van der Waals surface area contributed by atoms with Gasteiger partial charge in [0.25, 0.3) is 0 Å². The number of halogens is 2. The van der Waals surface area contributed by atoms with E-state index in [0.29, 0.717) is 35.1 Å². The summed E-state index contributed by atoms with van der Waals surface area (Å²) in [6.07, 6.45) is 4.68. The fourth-order valence-electron chi connectivity index (χ4n) is 4.21. The molecule has 0 spiro atoms. The number of ether oxygens (including phenoxy) is 2. The number of likely N-dealkylation sites (tertiary alicyclic amines) is 1. The first-order valence-corrected chi connectivity index (χ1v) is 10.8. The average Bonchev–Trinajstić information content (AvgIpc) is 3.47. The second-order valence-corrected chi connectivity index (χ2v) is 7.89. The number of aromatic nitrogens is 4. The van der Waals surface area contributed by atoms with Crippen LogP contribution in [0.4, 0.5) is 8.78 Å². The van der Waals surface area contributed by atoms with Gasteiger partial charge in [0, 0.05) is 37.4 Å². The van der Waals surface area contributed by atoms with Gasteiger partial charge < -0.3 is 19.4 Å². The molecule has 34 heavy (non-hydrogen) atoms. The number of alkyl halides is 2. The Morgan fingerprint density at radius 1 is 1.21 bits per heavy atom. The van der Waals surface area contributed by atoms with Crippen molar-refractivity contribution in [3.63, 3.8) is 0 Å². The van der Waals surface area contributed by atoms with Crippen LogP contribution >= 0.6 is 0 Å². The molecule has 10 heteroatoms. The van der Waals surface area contributed by atoms with E-state index in [2.05, 4.69) is 24.7 Å². The van der Waals surface area contributed by atoms with E-state index in [4.69, 9.17) is 4.74 Å². The monoisotopic (exact) mass is 465 g/mol. The highest BCUT2D eigenvalue weighted by atomic mass is 19.3. The molecular formula is C24H21F2N5O3. The molecule has 174 valence electrons. The van der Waals surface area contributed by atoms with Crippen molar-refractivity contribution >= 4 is 16.9 Å². The fourth-order valence-corrected chi connectivity index (χ4v) is 4.21. The minimum Gasteiger partial charge on any atom is -0.455 e. The van der Waals surface area contributed by atoms with Gasteiger partial charge in [-0.25, -0.2) is 9.97 Å². The van der Waals surface area contributed by atoms with E-state index < -0.39 is 6.61 Å². The molecule has 0 bridgehead atoms. The highest BCUT2D eigenvalue weighted by Gasteiger charge is 2.31. The number of hydrogen-bond acceptors (Lipinski definition) is 6. The molecule has 4 aromatic rings. The smallest absolute Gasteiger partial charge is 0.388 e. The molecule has 0 aliphatic carbocycles. The third-order valence-electron chi connectivity index (χ3n) is 5.68. The molecule has 1 aromatic carbocycles. The number of fused-ring (bicyclic) bond motifs is 1. The van der Waals surface area contributed by atoms with Gasteiger partial charge in [0.1, 0.15) is 17.2 Å². The molecule has 1 fully saturated rings. The number of amides is 1. The minimum atomic E-state index is -2.96. The first-order chi connectivity index (χ1) is 16.5. The Hall–Kier alpha value is -4.08. The Balaban J connectivity index is 1.55. The highest BCUT2D eigenvalue weighted by Crippen LogP contribution is 2.41. The number of hydrogen-bond donors (Lipinski definition) is 1. The third kappa shape index (κ3) is 4.39. The zero-order valence-corrected chi connectivity index (χ0v) is 18.2. The van der Waals surface area contributed by atoms with Gasteiger partial charge in [0.2, 0.25) is 11.8 Å². The van der Waals surface area contributed by atoms with E-state index in [0.717, 1.165) is 23.9 Å². The lowest BCUT2D eigenvalue weighted by molar-refractivity contribution is -0.129. The van der Waals surface area contributed by atoms with Crippen molar-refractivity contribution < 1.29 is 23.0 Å². The molecule has 3 aromatic heterocycles. The molecule has 1 saturated heterocycles. The Morgan fingerprint density at radius 3 is 2.79 bits per heavy atom. The maximum absolute atomic E-state index is 12.4. The number of nitrogens with one attached hydrogen (secondary N) is 1. The van der Waals surface area contributed by atoms with Crippen LogP contribution in [0.1, 0.15) is 31.4 Å². The lowest BCUT2D eigenvalue weighted by atomic mass is 10.0. The van der Waals surface area contributed by atoms with Gasteiger partial charge in [-0.05, 0) is 37.1 Å². The maximum Gasteiger partial charge on any atom is 0.388 e. The van der Waals surface area contributed by atoms with E-state index in [1.807, 2.05) is 29.2 Å². The molecule has 1 amide bonds. The molecule has 4 heterocycles. The van der Waals surface area contributed by atoms with Gasteiger partial charge in [-0.2, -0.15) is 8.78 Å². The minimum absolute atomic E-state index is 0.0116. The third-order valence-corrected chi connectivity index (χ3v) is 5.68. The number of H-pyrrole nitrogens is 1. The zero-order chi connectivity index (χ0) is 23.7. The van der Waals surface area contributed by atoms with Crippen LogP contribution in [0.3, 0.4) is 0 Å². The topological polar surface area (TPSA) is 93.2 Å². The maximum atomic E-state index is 12.4. The van der Waals surface area contributed by atoms with E-state index in [9.17, 15) is 13.6 Å². The van der Waals surface area contributed by atoms with E-state index in [1.165, 1.54) is 18.3 Å². The van der Waals surface area contributed by atoms with Crippen LogP contribution in [0.15, 0.2) is 54.9 Å². The SMILES string of the molecule is CC(=O)N1CCCC1c1cc2[nH]c(-c3ccccn3)nc2cc1Oc1ccc(OC(F)F)nc1. The molecular weight excluding hydrogens is 444 g/mol. The second-order valence-electron chi connectivity index (χ2n) is 7.89. The van der Waals surface area contributed by atoms with Crippen LogP contribution in [0.5, 0.6) is 17.4 Å². The van der Waals surface area contributed by atoms with E-state index in [1.54, 1.807) is 19.2 Å². The summed E-state index contributed by atoms with van der Waals surface area (Å²) >= 11 is 0. The molecule has 1 aliphatic heterocycles. The second kappa shape index (κ2) is 9.05. The number of pyridine rings is 2. The molecule has 8 nitrogen and oxygen atoms in total. The number of aromatic amines is 1. The summed E-state index contributed by atoms with van der Waals surface area (Å²) in [5.41, 5.74) is 2.98. The molecule has 0 saturated carbocycles. The largest absolute Gasteiger partial charge is 0.455 e. The van der Waals surface area contributed by atoms with Crippen LogP contribution in [-0.4, -0.2) is 43.9 Å². The van der Waals surface area contributed by atoms with Crippen molar-refractivity contribution in [2.24, 2.45) is 0 Å². The quantitative estimate of drug-likeness (QED) is 0.426. The number of imidazole rings is 1. The van der Waals surface area contributed by atoms with Gasteiger partial charge in [-0.1, -0.05) is 6.07 Å². The van der Waals surface area contributed by atoms with Gasteiger partial charge in [0.05, 0.1) is 23.3 Å². The first kappa shape index (κ1) is 21.7. The first-order valence-electron chi connectivity index (χ1n) is 10.8. The van der Waals surface area contributed by atoms with Crippen LogP contribution < -0.4 is 9.47 Å². The van der Waals surface area contributed by atoms with Gasteiger partial charge in [-0.15, -0.1) is 0 Å². The summed E-state index contributed by atoms with van der Waals surface area (Å²) in [6, 6.07) is 12.0. The Morgan fingerprint density at radius 2 is 2.09 bits per heavy atom. The highest BCUT2D eigenvalue weighted by molar-refractivity contribution is 5.82. The van der Waals surface area contributed by atoms with Crippen molar-refractivity contribution in [1.82, 2.24) is 24.8 Å². The predicted octanol–water partition coefficient (Wildman–Crippen LogP) is 5.10. The summed E-state index contributed by atoms with van der Waals surface area (Å²) in [4.78, 5) is 30.2. The van der Waals surface area contributed by atoms with Crippen molar-refractivity contribution in [1.29, 1.82) is 0 Å². The lowest BCUT2D eigenvalue weighted by Gasteiger charge is -2.25. The zero-order valence-electron chi connectivity index (χ0n) is 18.2. The number of carbonyl (C=O) groups is 1. The van der Waals surface area contributed by atoms with Crippen LogP contribution in [-0.2, 0) is 4.79 Å². The average molecular weight is 465 g/mol. The summed E-state index contributed by atoms with van der Waals surface area (Å²) in [6.45, 7) is -0.736. The summed E-state index contributed by atoms with van der Waals surface area (Å²) in [7, 11) is 0. The van der Waals surface area contributed by atoms with E-state index in [-0.39, 0.29) is 17.8 Å². The number of rotatable bonds is 6. The van der Waals surface area contributed by atoms with Crippen molar-refractivity contribution in [2.75, 3.05) is 6.54 Å². The molecule has 1 aliphatic rings. The molecule has 1 unspecified atom stereocenters.